The molecule has 0 aromatic heterocycles. The lowest BCUT2D eigenvalue weighted by atomic mass is 9.61. The summed E-state index contributed by atoms with van der Waals surface area (Å²) < 4.78 is 6.88. The normalized spacial score (nSPS) is 36.3. The third-order valence-corrected chi connectivity index (χ3v) is 12.0. The molecule has 2 nitrogen and oxygen atoms in total. The van der Waals surface area contributed by atoms with Crippen molar-refractivity contribution in [3.8, 4) is 6.07 Å². The predicted molar refractivity (Wildman–Crippen MR) is 99.6 cm³/mol. The summed E-state index contributed by atoms with van der Waals surface area (Å²) in [5.74, 6) is 1.94. The van der Waals surface area contributed by atoms with Gasteiger partial charge in [-0.15, -0.1) is 0 Å². The van der Waals surface area contributed by atoms with Crippen molar-refractivity contribution in [3.05, 3.63) is 0 Å². The van der Waals surface area contributed by atoms with E-state index in [9.17, 15) is 0 Å². The second kappa shape index (κ2) is 6.52. The van der Waals surface area contributed by atoms with Crippen LogP contribution in [0.1, 0.15) is 73.1 Å². The maximum atomic E-state index is 9.10. The predicted octanol–water partition coefficient (Wildman–Crippen LogP) is 6.14. The van der Waals surface area contributed by atoms with Crippen molar-refractivity contribution in [2.24, 2.45) is 23.2 Å². The SMILES string of the molecule is C[C@@H](CC#N)C1CC[C@H]2[C@@H](O[Si](C)(C)C(C)(C)C)CCC[C@]12C. The van der Waals surface area contributed by atoms with Gasteiger partial charge in [0.2, 0.25) is 0 Å². The van der Waals surface area contributed by atoms with Gasteiger partial charge in [-0.25, -0.2) is 0 Å². The van der Waals surface area contributed by atoms with E-state index >= 15 is 0 Å². The average Bonchev–Trinajstić information content (AvgIpc) is 2.75. The van der Waals surface area contributed by atoms with E-state index in [1.807, 2.05) is 0 Å². The molecule has 132 valence electrons. The summed E-state index contributed by atoms with van der Waals surface area (Å²) in [6.45, 7) is 16.6. The van der Waals surface area contributed by atoms with E-state index in [4.69, 9.17) is 9.69 Å². The van der Waals surface area contributed by atoms with Crippen LogP contribution in [0.3, 0.4) is 0 Å². The molecule has 0 bridgehead atoms. The topological polar surface area (TPSA) is 33.0 Å². The molecule has 0 spiro atoms. The lowest BCUT2D eigenvalue weighted by Gasteiger charge is -2.49. The van der Waals surface area contributed by atoms with Crippen molar-refractivity contribution in [1.82, 2.24) is 0 Å². The summed E-state index contributed by atoms with van der Waals surface area (Å²) in [5.41, 5.74) is 0.390. The molecule has 2 rings (SSSR count). The molecule has 3 heteroatoms. The Balaban J connectivity index is 2.17. The minimum atomic E-state index is -1.70. The van der Waals surface area contributed by atoms with Crippen molar-refractivity contribution in [2.45, 2.75) is 97.4 Å². The zero-order valence-corrected chi connectivity index (χ0v) is 17.4. The van der Waals surface area contributed by atoms with Gasteiger partial charge in [-0.3, -0.25) is 0 Å². The van der Waals surface area contributed by atoms with Gasteiger partial charge in [0.1, 0.15) is 0 Å². The van der Waals surface area contributed by atoms with E-state index in [0.717, 1.165) is 0 Å². The number of rotatable bonds is 4. The quantitative estimate of drug-likeness (QED) is 0.578. The summed E-state index contributed by atoms with van der Waals surface area (Å²) in [6.07, 6.45) is 7.62. The summed E-state index contributed by atoms with van der Waals surface area (Å²) in [6, 6.07) is 2.40. The fraction of sp³-hybridized carbons (Fsp3) is 0.950. The van der Waals surface area contributed by atoms with Crippen LogP contribution in [0.15, 0.2) is 0 Å². The number of fused-ring (bicyclic) bond motifs is 1. The third kappa shape index (κ3) is 3.54. The average molecular weight is 336 g/mol. The van der Waals surface area contributed by atoms with Crippen LogP contribution in [-0.2, 0) is 4.43 Å². The largest absolute Gasteiger partial charge is 0.414 e. The first-order chi connectivity index (χ1) is 10.5. The maximum absolute atomic E-state index is 9.10. The molecule has 2 saturated carbocycles. The maximum Gasteiger partial charge on any atom is 0.192 e. The second-order valence-electron chi connectivity index (χ2n) is 9.94. The molecule has 2 fully saturated rings. The lowest BCUT2D eigenvalue weighted by Crippen LogP contribution is -2.50. The molecule has 0 aliphatic heterocycles. The molecule has 0 aromatic rings. The molecule has 0 aromatic carbocycles. The lowest BCUT2D eigenvalue weighted by molar-refractivity contribution is -0.0198. The number of hydrogen-bond acceptors (Lipinski definition) is 2. The first-order valence-electron chi connectivity index (χ1n) is 9.57. The Hall–Kier alpha value is -0.333. The third-order valence-electron chi connectivity index (χ3n) is 7.49. The van der Waals surface area contributed by atoms with Gasteiger partial charge in [0.25, 0.3) is 0 Å². The molecule has 0 radical (unpaired) electrons. The molecule has 23 heavy (non-hydrogen) atoms. The molecular weight excluding hydrogens is 298 g/mol. The molecular formula is C20H37NOSi. The summed E-state index contributed by atoms with van der Waals surface area (Å²) in [7, 11) is -1.70. The van der Waals surface area contributed by atoms with Gasteiger partial charge in [0.15, 0.2) is 8.32 Å². The highest BCUT2D eigenvalue weighted by Gasteiger charge is 2.54. The molecule has 0 amide bonds. The molecule has 0 N–H and O–H groups in total. The smallest absolute Gasteiger partial charge is 0.192 e. The van der Waals surface area contributed by atoms with Gasteiger partial charge in [-0.2, -0.15) is 5.26 Å². The zero-order chi connectivity index (χ0) is 17.5. The molecule has 5 atom stereocenters. The van der Waals surface area contributed by atoms with E-state index in [1.54, 1.807) is 0 Å². The van der Waals surface area contributed by atoms with Gasteiger partial charge in [0, 0.05) is 12.5 Å². The van der Waals surface area contributed by atoms with E-state index in [-0.39, 0.29) is 5.04 Å². The first-order valence-corrected chi connectivity index (χ1v) is 12.5. The minimum Gasteiger partial charge on any atom is -0.414 e. The molecule has 2 aliphatic rings. The second-order valence-corrected chi connectivity index (χ2v) is 14.7. The van der Waals surface area contributed by atoms with E-state index in [0.29, 0.717) is 35.7 Å². The number of hydrogen-bond donors (Lipinski definition) is 0. The van der Waals surface area contributed by atoms with Crippen molar-refractivity contribution in [2.75, 3.05) is 0 Å². The van der Waals surface area contributed by atoms with Gasteiger partial charge < -0.3 is 4.43 Å². The fourth-order valence-electron chi connectivity index (χ4n) is 5.08. The van der Waals surface area contributed by atoms with Crippen molar-refractivity contribution >= 4 is 8.32 Å². The Labute approximate surface area is 145 Å². The van der Waals surface area contributed by atoms with Crippen molar-refractivity contribution in [3.63, 3.8) is 0 Å². The summed E-state index contributed by atoms with van der Waals surface area (Å²) >= 11 is 0. The Morgan fingerprint density at radius 1 is 1.26 bits per heavy atom. The van der Waals surface area contributed by atoms with Crippen LogP contribution < -0.4 is 0 Å². The highest BCUT2D eigenvalue weighted by molar-refractivity contribution is 6.74. The van der Waals surface area contributed by atoms with E-state index in [2.05, 4.69) is 53.8 Å². The van der Waals surface area contributed by atoms with Crippen LogP contribution in [0.25, 0.3) is 0 Å². The van der Waals surface area contributed by atoms with Crippen molar-refractivity contribution < 1.29 is 4.43 Å². The van der Waals surface area contributed by atoms with Crippen LogP contribution in [0.2, 0.25) is 18.1 Å². The molecule has 0 saturated heterocycles. The summed E-state index contributed by atoms with van der Waals surface area (Å²) in [4.78, 5) is 0. The molecule has 2 aliphatic carbocycles. The van der Waals surface area contributed by atoms with Gasteiger partial charge in [-0.1, -0.05) is 41.0 Å². The monoisotopic (exact) mass is 335 g/mol. The van der Waals surface area contributed by atoms with Gasteiger partial charge >= 0.3 is 0 Å². The number of nitriles is 1. The Bertz CT molecular complexity index is 461. The van der Waals surface area contributed by atoms with Gasteiger partial charge in [0.05, 0.1) is 6.07 Å². The Morgan fingerprint density at radius 3 is 2.48 bits per heavy atom. The zero-order valence-electron chi connectivity index (χ0n) is 16.4. The van der Waals surface area contributed by atoms with E-state index in [1.165, 1.54) is 32.1 Å². The highest BCUT2D eigenvalue weighted by atomic mass is 28.4. The van der Waals surface area contributed by atoms with Crippen molar-refractivity contribution in [1.29, 1.82) is 5.26 Å². The van der Waals surface area contributed by atoms with Crippen LogP contribution >= 0.6 is 0 Å². The standard InChI is InChI=1S/C20H37NOSi/c1-15(12-14-21)16-10-11-17-18(9-8-13-20(16,17)5)22-23(6,7)19(2,3)4/h15-18H,8-13H2,1-7H3/t15-,16?,17-,18-,20+/m0/s1. The Kier molecular flexibility index (Phi) is 5.39. The number of nitrogens with zero attached hydrogens (tertiary/aromatic N) is 1. The van der Waals surface area contributed by atoms with Crippen LogP contribution in [-0.4, -0.2) is 14.4 Å². The van der Waals surface area contributed by atoms with Crippen LogP contribution in [0, 0.1) is 34.5 Å². The Morgan fingerprint density at radius 2 is 1.91 bits per heavy atom. The van der Waals surface area contributed by atoms with Crippen LogP contribution in [0.4, 0.5) is 0 Å². The molecule has 0 heterocycles. The molecule has 1 unspecified atom stereocenters. The fourth-order valence-corrected chi connectivity index (χ4v) is 6.47. The first kappa shape index (κ1) is 19.0. The van der Waals surface area contributed by atoms with E-state index < -0.39 is 8.32 Å². The minimum absolute atomic E-state index is 0.285. The highest BCUT2D eigenvalue weighted by Crippen LogP contribution is 2.59. The van der Waals surface area contributed by atoms with Crippen LogP contribution in [0.5, 0.6) is 0 Å². The van der Waals surface area contributed by atoms with Gasteiger partial charge in [-0.05, 0) is 67.0 Å². The summed E-state index contributed by atoms with van der Waals surface area (Å²) in [5, 5.41) is 9.39.